The van der Waals surface area contributed by atoms with Crippen LogP contribution in [0.5, 0.6) is 0 Å². The van der Waals surface area contributed by atoms with E-state index in [0.29, 0.717) is 0 Å². The Labute approximate surface area is 166 Å². The number of amides is 3. The maximum atomic E-state index is 12.5. The van der Waals surface area contributed by atoms with Gasteiger partial charge in [0.25, 0.3) is 0 Å². The van der Waals surface area contributed by atoms with Crippen molar-refractivity contribution in [1.29, 1.82) is 0 Å². The van der Waals surface area contributed by atoms with Crippen molar-refractivity contribution < 1.29 is 9.59 Å². The minimum atomic E-state index is -0.367. The fourth-order valence-corrected chi connectivity index (χ4v) is 4.16. The number of para-hydroxylation sites is 1. The molecule has 0 radical (unpaired) electrons. The first-order chi connectivity index (χ1) is 13.0. The Morgan fingerprint density at radius 2 is 1.74 bits per heavy atom. The minimum absolute atomic E-state index is 0.195. The summed E-state index contributed by atoms with van der Waals surface area (Å²) in [5.74, 6) is -0.241. The van der Waals surface area contributed by atoms with Crippen molar-refractivity contribution in [1.82, 2.24) is 15.5 Å². The summed E-state index contributed by atoms with van der Waals surface area (Å²) >= 11 is 6.28. The third kappa shape index (κ3) is 5.36. The first kappa shape index (κ1) is 20.0. The quantitative estimate of drug-likeness (QED) is 0.826. The summed E-state index contributed by atoms with van der Waals surface area (Å²) in [4.78, 5) is 28.9. The molecule has 1 aliphatic heterocycles. The molecule has 148 valence electrons. The van der Waals surface area contributed by atoms with Gasteiger partial charge in [0, 0.05) is 32.2 Å². The molecule has 2 fully saturated rings. The number of hydrogen-bond acceptors (Lipinski definition) is 4. The number of halogens is 1. The SMILES string of the molecule is C[C@@H](C(=O)NC(=O)NC1CCCCC1)N1CCN(c2ccccc2Cl)CC1. The number of imide groups is 1. The van der Waals surface area contributed by atoms with Crippen LogP contribution in [0.2, 0.25) is 5.02 Å². The number of carbonyl (C=O) groups is 2. The molecule has 1 saturated heterocycles. The van der Waals surface area contributed by atoms with Crippen LogP contribution in [-0.4, -0.2) is 55.1 Å². The summed E-state index contributed by atoms with van der Waals surface area (Å²) < 4.78 is 0. The highest BCUT2D eigenvalue weighted by atomic mass is 35.5. The molecule has 0 bridgehead atoms. The van der Waals surface area contributed by atoms with Gasteiger partial charge < -0.3 is 10.2 Å². The van der Waals surface area contributed by atoms with Gasteiger partial charge in [-0.05, 0) is 31.9 Å². The van der Waals surface area contributed by atoms with Crippen LogP contribution in [0.1, 0.15) is 39.0 Å². The van der Waals surface area contributed by atoms with Crippen molar-refractivity contribution in [2.45, 2.75) is 51.1 Å². The molecule has 0 spiro atoms. The lowest BCUT2D eigenvalue weighted by Crippen LogP contribution is -2.56. The molecule has 1 saturated carbocycles. The molecule has 1 heterocycles. The third-order valence-corrected chi connectivity index (χ3v) is 5.93. The lowest BCUT2D eigenvalue weighted by atomic mass is 9.96. The Kier molecular flexibility index (Phi) is 6.96. The van der Waals surface area contributed by atoms with E-state index >= 15 is 0 Å². The number of nitrogens with zero attached hydrogens (tertiary/aromatic N) is 2. The third-order valence-electron chi connectivity index (χ3n) is 5.61. The second-order valence-corrected chi connectivity index (χ2v) is 7.86. The van der Waals surface area contributed by atoms with E-state index in [0.717, 1.165) is 62.6 Å². The summed E-state index contributed by atoms with van der Waals surface area (Å²) in [5, 5.41) is 6.19. The van der Waals surface area contributed by atoms with E-state index < -0.39 is 0 Å². The predicted octanol–water partition coefficient (Wildman–Crippen LogP) is 3.01. The van der Waals surface area contributed by atoms with Gasteiger partial charge in [0.2, 0.25) is 5.91 Å². The lowest BCUT2D eigenvalue weighted by Gasteiger charge is -2.38. The van der Waals surface area contributed by atoms with Gasteiger partial charge in [-0.1, -0.05) is 43.0 Å². The zero-order chi connectivity index (χ0) is 19.2. The van der Waals surface area contributed by atoms with E-state index in [2.05, 4.69) is 20.4 Å². The molecule has 1 aliphatic carbocycles. The lowest BCUT2D eigenvalue weighted by molar-refractivity contribution is -0.124. The number of anilines is 1. The Morgan fingerprint density at radius 1 is 1.07 bits per heavy atom. The van der Waals surface area contributed by atoms with Crippen LogP contribution in [0, 0.1) is 0 Å². The standard InChI is InChI=1S/C20H29ClN4O2/c1-15(19(26)23-20(27)22-16-7-3-2-4-8-16)24-11-13-25(14-12-24)18-10-6-5-9-17(18)21/h5-6,9-10,15-16H,2-4,7-8,11-14H2,1H3,(H2,22,23,26,27)/t15-/m0/s1. The van der Waals surface area contributed by atoms with Crippen LogP contribution in [0.25, 0.3) is 0 Å². The zero-order valence-corrected chi connectivity index (χ0v) is 16.7. The second kappa shape index (κ2) is 9.42. The summed E-state index contributed by atoms with van der Waals surface area (Å²) in [6, 6.07) is 7.31. The highest BCUT2D eigenvalue weighted by Crippen LogP contribution is 2.26. The number of carbonyl (C=O) groups excluding carboxylic acids is 2. The van der Waals surface area contributed by atoms with Crippen LogP contribution >= 0.6 is 11.6 Å². The largest absolute Gasteiger partial charge is 0.368 e. The fraction of sp³-hybridized carbons (Fsp3) is 0.600. The van der Waals surface area contributed by atoms with E-state index in [4.69, 9.17) is 11.6 Å². The van der Waals surface area contributed by atoms with Crippen LogP contribution in [0.4, 0.5) is 10.5 Å². The van der Waals surface area contributed by atoms with E-state index in [-0.39, 0.29) is 24.0 Å². The van der Waals surface area contributed by atoms with Gasteiger partial charge in [0.15, 0.2) is 0 Å². The number of hydrogen-bond donors (Lipinski definition) is 2. The normalized spacial score (nSPS) is 20.1. The van der Waals surface area contributed by atoms with E-state index in [9.17, 15) is 9.59 Å². The van der Waals surface area contributed by atoms with Crippen molar-refractivity contribution >= 4 is 29.2 Å². The molecular weight excluding hydrogens is 364 g/mol. The van der Waals surface area contributed by atoms with Gasteiger partial charge in [-0.3, -0.25) is 15.0 Å². The monoisotopic (exact) mass is 392 g/mol. The Bertz CT molecular complexity index is 655. The topological polar surface area (TPSA) is 64.7 Å². The Morgan fingerprint density at radius 3 is 2.41 bits per heavy atom. The molecular formula is C20H29ClN4O2. The zero-order valence-electron chi connectivity index (χ0n) is 15.9. The smallest absolute Gasteiger partial charge is 0.321 e. The highest BCUT2D eigenvalue weighted by Gasteiger charge is 2.27. The summed E-state index contributed by atoms with van der Waals surface area (Å²) in [6.45, 7) is 4.97. The number of nitrogens with one attached hydrogen (secondary N) is 2. The fourth-order valence-electron chi connectivity index (χ4n) is 3.91. The second-order valence-electron chi connectivity index (χ2n) is 7.45. The number of rotatable bonds is 4. The molecule has 27 heavy (non-hydrogen) atoms. The van der Waals surface area contributed by atoms with Gasteiger partial charge in [0.05, 0.1) is 16.8 Å². The van der Waals surface area contributed by atoms with Crippen LogP contribution < -0.4 is 15.5 Å². The average Bonchev–Trinajstić information content (AvgIpc) is 2.68. The van der Waals surface area contributed by atoms with E-state index in [1.165, 1.54) is 6.42 Å². The first-order valence-corrected chi connectivity index (χ1v) is 10.3. The highest BCUT2D eigenvalue weighted by molar-refractivity contribution is 6.33. The molecule has 0 unspecified atom stereocenters. The number of urea groups is 1. The molecule has 3 amide bonds. The van der Waals surface area contributed by atoms with Gasteiger partial charge in [0.1, 0.15) is 0 Å². The minimum Gasteiger partial charge on any atom is -0.368 e. The molecule has 3 rings (SSSR count). The van der Waals surface area contributed by atoms with E-state index in [1.807, 2.05) is 31.2 Å². The van der Waals surface area contributed by atoms with Crippen LogP contribution in [0.3, 0.4) is 0 Å². The maximum absolute atomic E-state index is 12.5. The van der Waals surface area contributed by atoms with Crippen molar-refractivity contribution in [2.24, 2.45) is 0 Å². The number of piperazine rings is 1. The summed E-state index contributed by atoms with van der Waals surface area (Å²) in [7, 11) is 0. The molecule has 1 atom stereocenters. The van der Waals surface area contributed by atoms with Crippen molar-refractivity contribution in [2.75, 3.05) is 31.1 Å². The van der Waals surface area contributed by atoms with Crippen molar-refractivity contribution in [3.05, 3.63) is 29.3 Å². The van der Waals surface area contributed by atoms with E-state index in [1.54, 1.807) is 0 Å². The molecule has 0 aromatic heterocycles. The van der Waals surface area contributed by atoms with Crippen LogP contribution in [-0.2, 0) is 4.79 Å². The first-order valence-electron chi connectivity index (χ1n) is 9.89. The molecule has 6 nitrogen and oxygen atoms in total. The molecule has 1 aromatic rings. The predicted molar refractivity (Wildman–Crippen MR) is 108 cm³/mol. The van der Waals surface area contributed by atoms with Gasteiger partial charge in [-0.2, -0.15) is 0 Å². The summed E-state index contributed by atoms with van der Waals surface area (Å²) in [6.07, 6.45) is 5.52. The number of benzene rings is 1. The Hall–Kier alpha value is -1.79. The van der Waals surface area contributed by atoms with Gasteiger partial charge in [-0.15, -0.1) is 0 Å². The molecule has 2 aliphatic rings. The molecule has 2 N–H and O–H groups in total. The van der Waals surface area contributed by atoms with Crippen molar-refractivity contribution in [3.63, 3.8) is 0 Å². The Balaban J connectivity index is 1.45. The maximum Gasteiger partial charge on any atom is 0.321 e. The molecule has 1 aromatic carbocycles. The van der Waals surface area contributed by atoms with Gasteiger partial charge in [-0.25, -0.2) is 4.79 Å². The van der Waals surface area contributed by atoms with Crippen molar-refractivity contribution in [3.8, 4) is 0 Å². The average molecular weight is 393 g/mol. The molecule has 7 heteroatoms. The van der Waals surface area contributed by atoms with Crippen LogP contribution in [0.15, 0.2) is 24.3 Å². The summed E-state index contributed by atoms with van der Waals surface area (Å²) in [5.41, 5.74) is 1.03. The van der Waals surface area contributed by atoms with Gasteiger partial charge >= 0.3 is 6.03 Å².